The van der Waals surface area contributed by atoms with Crippen molar-refractivity contribution in [3.63, 3.8) is 0 Å². The first-order valence-corrected chi connectivity index (χ1v) is 8.96. The lowest BCUT2D eigenvalue weighted by Crippen LogP contribution is -2.28. The fourth-order valence-electron chi connectivity index (χ4n) is 2.95. The molecule has 1 fully saturated rings. The van der Waals surface area contributed by atoms with E-state index in [4.69, 9.17) is 0 Å². The highest BCUT2D eigenvalue weighted by Crippen LogP contribution is 2.30. The number of hydrogen-bond acceptors (Lipinski definition) is 2. The first-order valence-electron chi connectivity index (χ1n) is 7.88. The molecule has 0 saturated carbocycles. The van der Waals surface area contributed by atoms with Crippen LogP contribution < -0.4 is 10.2 Å². The second kappa shape index (κ2) is 6.93. The molecule has 24 heavy (non-hydrogen) atoms. The van der Waals surface area contributed by atoms with Gasteiger partial charge in [0.15, 0.2) is 0 Å². The zero-order chi connectivity index (χ0) is 17.3. The van der Waals surface area contributed by atoms with Crippen LogP contribution in [-0.2, 0) is 9.59 Å². The molecule has 1 atom stereocenters. The van der Waals surface area contributed by atoms with Crippen molar-refractivity contribution in [1.82, 2.24) is 0 Å². The van der Waals surface area contributed by atoms with E-state index in [9.17, 15) is 9.59 Å². The van der Waals surface area contributed by atoms with E-state index < -0.39 is 0 Å². The highest BCUT2D eigenvalue weighted by molar-refractivity contribution is 14.1. The maximum atomic E-state index is 12.5. The molecule has 2 amide bonds. The average Bonchev–Trinajstić information content (AvgIpc) is 2.92. The fraction of sp³-hybridized carbons (Fsp3) is 0.263. The van der Waals surface area contributed by atoms with E-state index in [0.717, 1.165) is 26.1 Å². The van der Waals surface area contributed by atoms with Crippen LogP contribution in [0.2, 0.25) is 0 Å². The Hall–Kier alpha value is -1.89. The van der Waals surface area contributed by atoms with Gasteiger partial charge >= 0.3 is 0 Å². The van der Waals surface area contributed by atoms with Crippen molar-refractivity contribution in [2.24, 2.45) is 5.92 Å². The van der Waals surface area contributed by atoms with Crippen LogP contribution in [0.5, 0.6) is 0 Å². The van der Waals surface area contributed by atoms with Gasteiger partial charge in [0.25, 0.3) is 0 Å². The van der Waals surface area contributed by atoms with Gasteiger partial charge in [-0.1, -0.05) is 18.2 Å². The summed E-state index contributed by atoms with van der Waals surface area (Å²) in [5, 5.41) is 2.92. The summed E-state index contributed by atoms with van der Waals surface area (Å²) >= 11 is 2.21. The number of carbonyl (C=O) groups excluding carboxylic acids is 2. The van der Waals surface area contributed by atoms with Gasteiger partial charge in [-0.05, 0) is 71.8 Å². The van der Waals surface area contributed by atoms with Gasteiger partial charge in [-0.3, -0.25) is 9.59 Å². The van der Waals surface area contributed by atoms with Crippen molar-refractivity contribution >= 4 is 45.8 Å². The first kappa shape index (κ1) is 17.0. The minimum Gasteiger partial charge on any atom is -0.326 e. The molecule has 124 valence electrons. The summed E-state index contributed by atoms with van der Waals surface area (Å²) in [6.45, 7) is 4.47. The highest BCUT2D eigenvalue weighted by atomic mass is 127. The molecule has 0 aromatic heterocycles. The van der Waals surface area contributed by atoms with E-state index in [2.05, 4.69) is 27.9 Å². The SMILES string of the molecule is Cc1cccc(N2CC(C(=O)Nc3cccc(I)c3)CC2=O)c1C. The smallest absolute Gasteiger partial charge is 0.229 e. The molecule has 2 aromatic carbocycles. The molecule has 4 nitrogen and oxygen atoms in total. The van der Waals surface area contributed by atoms with Crippen LogP contribution in [0.3, 0.4) is 0 Å². The van der Waals surface area contributed by atoms with Crippen LogP contribution in [0.15, 0.2) is 42.5 Å². The molecule has 1 aliphatic rings. The maximum absolute atomic E-state index is 12.5. The van der Waals surface area contributed by atoms with Crippen LogP contribution in [0.1, 0.15) is 17.5 Å². The van der Waals surface area contributed by atoms with Crippen LogP contribution in [0.4, 0.5) is 11.4 Å². The summed E-state index contributed by atoms with van der Waals surface area (Å²) in [5.41, 5.74) is 3.91. The molecule has 0 spiro atoms. The Morgan fingerprint density at radius 3 is 2.71 bits per heavy atom. The average molecular weight is 434 g/mol. The molecule has 1 heterocycles. The molecule has 0 aliphatic carbocycles. The number of halogens is 1. The predicted octanol–water partition coefficient (Wildman–Crippen LogP) is 3.90. The van der Waals surface area contributed by atoms with E-state index >= 15 is 0 Å². The monoisotopic (exact) mass is 434 g/mol. The number of anilines is 2. The molecule has 3 rings (SSSR count). The molecule has 1 saturated heterocycles. The van der Waals surface area contributed by atoms with Gasteiger partial charge in [-0.25, -0.2) is 0 Å². The second-order valence-corrected chi connectivity index (χ2v) is 7.37. The summed E-state index contributed by atoms with van der Waals surface area (Å²) in [6, 6.07) is 13.6. The summed E-state index contributed by atoms with van der Waals surface area (Å²) in [7, 11) is 0. The van der Waals surface area contributed by atoms with Crippen LogP contribution >= 0.6 is 22.6 Å². The third kappa shape index (κ3) is 3.45. The number of nitrogens with one attached hydrogen (secondary N) is 1. The third-order valence-corrected chi connectivity index (χ3v) is 5.13. The van der Waals surface area contributed by atoms with Gasteiger partial charge in [-0.15, -0.1) is 0 Å². The minimum absolute atomic E-state index is 0.00601. The predicted molar refractivity (Wildman–Crippen MR) is 104 cm³/mol. The summed E-state index contributed by atoms with van der Waals surface area (Å²) in [6.07, 6.45) is 0.253. The topological polar surface area (TPSA) is 49.4 Å². The Kier molecular flexibility index (Phi) is 4.89. The Labute approximate surface area is 155 Å². The largest absolute Gasteiger partial charge is 0.326 e. The standard InChI is InChI=1S/C19H19IN2O2/c1-12-5-3-8-17(13(12)2)22-11-14(9-18(22)23)19(24)21-16-7-4-6-15(20)10-16/h3-8,10,14H,9,11H2,1-2H3,(H,21,24). The summed E-state index contributed by atoms with van der Waals surface area (Å²) in [4.78, 5) is 26.6. The Balaban J connectivity index is 1.74. The van der Waals surface area contributed by atoms with Crippen molar-refractivity contribution in [3.8, 4) is 0 Å². The number of carbonyl (C=O) groups is 2. The van der Waals surface area contributed by atoms with Crippen molar-refractivity contribution in [1.29, 1.82) is 0 Å². The number of aryl methyl sites for hydroxylation is 1. The van der Waals surface area contributed by atoms with Crippen LogP contribution in [0.25, 0.3) is 0 Å². The van der Waals surface area contributed by atoms with Gasteiger partial charge < -0.3 is 10.2 Å². The molecule has 1 unspecified atom stereocenters. The van der Waals surface area contributed by atoms with Gasteiger partial charge in [0, 0.05) is 27.9 Å². The van der Waals surface area contributed by atoms with Crippen molar-refractivity contribution in [3.05, 3.63) is 57.2 Å². The molecule has 1 aliphatic heterocycles. The van der Waals surface area contributed by atoms with E-state index in [1.807, 2.05) is 56.3 Å². The Morgan fingerprint density at radius 1 is 1.21 bits per heavy atom. The third-order valence-electron chi connectivity index (χ3n) is 4.45. The molecule has 0 radical (unpaired) electrons. The molecule has 0 bridgehead atoms. The lowest BCUT2D eigenvalue weighted by molar-refractivity contribution is -0.122. The van der Waals surface area contributed by atoms with Crippen LogP contribution in [0, 0.1) is 23.3 Å². The fourth-order valence-corrected chi connectivity index (χ4v) is 3.50. The van der Waals surface area contributed by atoms with E-state index in [1.165, 1.54) is 0 Å². The quantitative estimate of drug-likeness (QED) is 0.746. The van der Waals surface area contributed by atoms with E-state index in [0.29, 0.717) is 6.54 Å². The first-order chi connectivity index (χ1) is 11.5. The number of nitrogens with zero attached hydrogens (tertiary/aromatic N) is 1. The van der Waals surface area contributed by atoms with Crippen LogP contribution in [-0.4, -0.2) is 18.4 Å². The van der Waals surface area contributed by atoms with Gasteiger partial charge in [0.05, 0.1) is 5.92 Å². The van der Waals surface area contributed by atoms with Crippen molar-refractivity contribution in [2.75, 3.05) is 16.8 Å². The van der Waals surface area contributed by atoms with E-state index in [1.54, 1.807) is 4.90 Å². The maximum Gasteiger partial charge on any atom is 0.229 e. The molecule has 2 aromatic rings. The summed E-state index contributed by atoms with van der Waals surface area (Å²) in [5.74, 6) is -0.417. The number of amides is 2. The molecular formula is C19H19IN2O2. The highest BCUT2D eigenvalue weighted by Gasteiger charge is 2.35. The molecular weight excluding hydrogens is 415 g/mol. The number of hydrogen-bond donors (Lipinski definition) is 1. The minimum atomic E-state index is -0.324. The lowest BCUT2D eigenvalue weighted by Gasteiger charge is -2.20. The number of benzene rings is 2. The normalized spacial score (nSPS) is 17.2. The van der Waals surface area contributed by atoms with E-state index in [-0.39, 0.29) is 24.2 Å². The zero-order valence-corrected chi connectivity index (χ0v) is 15.8. The van der Waals surface area contributed by atoms with Gasteiger partial charge in [0.1, 0.15) is 0 Å². The molecule has 1 N–H and O–H groups in total. The number of rotatable bonds is 3. The molecule has 5 heteroatoms. The van der Waals surface area contributed by atoms with Gasteiger partial charge in [0.2, 0.25) is 11.8 Å². The lowest BCUT2D eigenvalue weighted by atomic mass is 10.1. The Morgan fingerprint density at radius 2 is 1.96 bits per heavy atom. The zero-order valence-electron chi connectivity index (χ0n) is 13.7. The second-order valence-electron chi connectivity index (χ2n) is 6.12. The van der Waals surface area contributed by atoms with Crippen molar-refractivity contribution in [2.45, 2.75) is 20.3 Å². The van der Waals surface area contributed by atoms with Crippen molar-refractivity contribution < 1.29 is 9.59 Å². The Bertz CT molecular complexity index is 804. The summed E-state index contributed by atoms with van der Waals surface area (Å²) < 4.78 is 1.06. The van der Waals surface area contributed by atoms with Gasteiger partial charge in [-0.2, -0.15) is 0 Å².